The third kappa shape index (κ3) is 2.60. The second-order valence-corrected chi connectivity index (χ2v) is 6.52. The SMILES string of the molecule is CCn1cc(S(=O)(=O)N(CCO)C2CCC2)c(N)n1. The maximum absolute atomic E-state index is 12.6. The van der Waals surface area contributed by atoms with Gasteiger partial charge in [-0.25, -0.2) is 8.42 Å². The molecular weight excluding hydrogens is 268 g/mol. The van der Waals surface area contributed by atoms with E-state index in [1.165, 1.54) is 15.2 Å². The van der Waals surface area contributed by atoms with E-state index >= 15 is 0 Å². The third-order valence-electron chi connectivity index (χ3n) is 3.47. The zero-order valence-corrected chi connectivity index (χ0v) is 11.8. The van der Waals surface area contributed by atoms with Crippen LogP contribution < -0.4 is 5.73 Å². The zero-order valence-electron chi connectivity index (χ0n) is 11.0. The van der Waals surface area contributed by atoms with Crippen molar-refractivity contribution in [2.24, 2.45) is 0 Å². The number of sulfonamides is 1. The predicted molar refractivity (Wildman–Crippen MR) is 70.9 cm³/mol. The van der Waals surface area contributed by atoms with Gasteiger partial charge in [-0.2, -0.15) is 9.40 Å². The van der Waals surface area contributed by atoms with Crippen LogP contribution in [-0.2, 0) is 16.6 Å². The summed E-state index contributed by atoms with van der Waals surface area (Å²) in [5, 5.41) is 13.0. The van der Waals surface area contributed by atoms with Crippen LogP contribution in [0.4, 0.5) is 5.82 Å². The number of nitrogens with two attached hydrogens (primary N) is 1. The van der Waals surface area contributed by atoms with Crippen LogP contribution in [-0.4, -0.2) is 46.8 Å². The van der Waals surface area contributed by atoms with Gasteiger partial charge in [0.15, 0.2) is 5.82 Å². The van der Waals surface area contributed by atoms with Crippen LogP contribution in [0, 0.1) is 0 Å². The molecule has 0 bridgehead atoms. The first-order valence-electron chi connectivity index (χ1n) is 6.46. The van der Waals surface area contributed by atoms with Crippen LogP contribution in [0.25, 0.3) is 0 Å². The molecule has 0 saturated heterocycles. The van der Waals surface area contributed by atoms with Crippen molar-refractivity contribution < 1.29 is 13.5 Å². The Labute approximate surface area is 113 Å². The normalized spacial score (nSPS) is 16.8. The quantitative estimate of drug-likeness (QED) is 0.768. The van der Waals surface area contributed by atoms with Crippen LogP contribution >= 0.6 is 0 Å². The van der Waals surface area contributed by atoms with Gasteiger partial charge in [0.2, 0.25) is 10.0 Å². The van der Waals surface area contributed by atoms with E-state index < -0.39 is 10.0 Å². The van der Waals surface area contributed by atoms with E-state index in [2.05, 4.69) is 5.10 Å². The highest BCUT2D eigenvalue weighted by Crippen LogP contribution is 2.31. The molecule has 3 N–H and O–H groups in total. The van der Waals surface area contributed by atoms with E-state index in [0.29, 0.717) is 6.54 Å². The second kappa shape index (κ2) is 5.48. The Morgan fingerprint density at radius 2 is 2.26 bits per heavy atom. The highest BCUT2D eigenvalue weighted by molar-refractivity contribution is 7.89. The molecule has 8 heteroatoms. The number of aryl methyl sites for hydroxylation is 1. The van der Waals surface area contributed by atoms with Crippen molar-refractivity contribution in [3.05, 3.63) is 6.20 Å². The Morgan fingerprint density at radius 1 is 1.58 bits per heavy atom. The minimum Gasteiger partial charge on any atom is -0.395 e. The first-order chi connectivity index (χ1) is 9.00. The number of hydrogen-bond acceptors (Lipinski definition) is 5. The topological polar surface area (TPSA) is 101 Å². The van der Waals surface area contributed by atoms with E-state index in [4.69, 9.17) is 10.8 Å². The predicted octanol–water partition coefficient (Wildman–Crippen LogP) is 0.0207. The molecule has 1 aromatic heterocycles. The van der Waals surface area contributed by atoms with Crippen molar-refractivity contribution in [2.45, 2.75) is 43.7 Å². The smallest absolute Gasteiger partial charge is 0.248 e. The molecule has 1 saturated carbocycles. The Bertz CT molecular complexity index is 536. The van der Waals surface area contributed by atoms with E-state index in [1.54, 1.807) is 0 Å². The Balaban J connectivity index is 2.34. The van der Waals surface area contributed by atoms with Crippen molar-refractivity contribution in [3.8, 4) is 0 Å². The molecule has 1 aliphatic carbocycles. The fraction of sp³-hybridized carbons (Fsp3) is 0.727. The van der Waals surface area contributed by atoms with Crippen molar-refractivity contribution in [3.63, 3.8) is 0 Å². The molecule has 0 unspecified atom stereocenters. The van der Waals surface area contributed by atoms with Gasteiger partial charge in [-0.05, 0) is 19.8 Å². The fourth-order valence-corrected chi connectivity index (χ4v) is 3.92. The summed E-state index contributed by atoms with van der Waals surface area (Å²) in [7, 11) is -3.68. The minimum atomic E-state index is -3.68. The van der Waals surface area contributed by atoms with Crippen molar-refractivity contribution >= 4 is 15.8 Å². The maximum atomic E-state index is 12.6. The highest BCUT2D eigenvalue weighted by Gasteiger charge is 2.36. The van der Waals surface area contributed by atoms with Gasteiger partial charge in [-0.1, -0.05) is 6.42 Å². The van der Waals surface area contributed by atoms with Crippen molar-refractivity contribution in [1.29, 1.82) is 0 Å². The van der Waals surface area contributed by atoms with Crippen LogP contribution in [0.1, 0.15) is 26.2 Å². The van der Waals surface area contributed by atoms with Gasteiger partial charge in [-0.15, -0.1) is 0 Å². The van der Waals surface area contributed by atoms with E-state index in [-0.39, 0.29) is 29.9 Å². The standard InChI is InChI=1S/C11H20N4O3S/c1-2-14-8-10(11(12)13-14)19(17,18)15(6-7-16)9-4-3-5-9/h8-9,16H,2-7H2,1H3,(H2,12,13). The first-order valence-corrected chi connectivity index (χ1v) is 7.90. The summed E-state index contributed by atoms with van der Waals surface area (Å²) in [6, 6.07) is -0.0264. The zero-order chi connectivity index (χ0) is 14.0. The van der Waals surface area contributed by atoms with Gasteiger partial charge in [-0.3, -0.25) is 4.68 Å². The monoisotopic (exact) mass is 288 g/mol. The molecule has 0 spiro atoms. The van der Waals surface area contributed by atoms with E-state index in [0.717, 1.165) is 19.3 Å². The summed E-state index contributed by atoms with van der Waals surface area (Å²) in [5.74, 6) is 0.0177. The summed E-state index contributed by atoms with van der Waals surface area (Å²) >= 11 is 0. The maximum Gasteiger partial charge on any atom is 0.248 e. The number of aliphatic hydroxyl groups is 1. The molecule has 1 aromatic rings. The molecule has 0 atom stereocenters. The summed E-state index contributed by atoms with van der Waals surface area (Å²) in [4.78, 5) is 0.0368. The van der Waals surface area contributed by atoms with Gasteiger partial charge < -0.3 is 10.8 Å². The second-order valence-electron chi connectivity index (χ2n) is 4.66. The average Bonchev–Trinajstić information content (AvgIpc) is 2.68. The van der Waals surface area contributed by atoms with Crippen LogP contribution in [0.15, 0.2) is 11.1 Å². The number of aliphatic hydroxyl groups excluding tert-OH is 1. The van der Waals surface area contributed by atoms with E-state index in [9.17, 15) is 8.42 Å². The lowest BCUT2D eigenvalue weighted by atomic mass is 9.93. The Hall–Kier alpha value is -1.12. The summed E-state index contributed by atoms with van der Waals surface area (Å²) in [5.41, 5.74) is 5.70. The minimum absolute atomic E-state index is 0.0177. The number of rotatable bonds is 6. The number of aromatic nitrogens is 2. The number of anilines is 1. The highest BCUT2D eigenvalue weighted by atomic mass is 32.2. The molecule has 0 aliphatic heterocycles. The molecule has 7 nitrogen and oxygen atoms in total. The van der Waals surface area contributed by atoms with Crippen LogP contribution in [0.3, 0.4) is 0 Å². The molecule has 0 radical (unpaired) electrons. The molecule has 0 amide bonds. The van der Waals surface area contributed by atoms with Gasteiger partial charge in [0.05, 0.1) is 6.61 Å². The lowest BCUT2D eigenvalue weighted by Crippen LogP contribution is -2.45. The molecule has 1 fully saturated rings. The largest absolute Gasteiger partial charge is 0.395 e. The van der Waals surface area contributed by atoms with Gasteiger partial charge >= 0.3 is 0 Å². The Kier molecular flexibility index (Phi) is 4.12. The van der Waals surface area contributed by atoms with Crippen molar-refractivity contribution in [1.82, 2.24) is 14.1 Å². The average molecular weight is 288 g/mol. The fourth-order valence-electron chi connectivity index (χ4n) is 2.18. The summed E-state index contributed by atoms with van der Waals surface area (Å²) in [6.45, 7) is 2.32. The molecule has 1 aliphatic rings. The Morgan fingerprint density at radius 3 is 2.68 bits per heavy atom. The van der Waals surface area contributed by atoms with Gasteiger partial charge in [0.25, 0.3) is 0 Å². The van der Waals surface area contributed by atoms with Crippen LogP contribution in [0.2, 0.25) is 0 Å². The van der Waals surface area contributed by atoms with E-state index in [1.807, 2.05) is 6.92 Å². The molecule has 108 valence electrons. The first kappa shape index (κ1) is 14.3. The van der Waals surface area contributed by atoms with Gasteiger partial charge in [0.1, 0.15) is 4.90 Å². The van der Waals surface area contributed by atoms with Gasteiger partial charge in [0, 0.05) is 25.3 Å². The summed E-state index contributed by atoms with van der Waals surface area (Å²) < 4.78 is 28.0. The number of nitrogens with zero attached hydrogens (tertiary/aromatic N) is 3. The molecule has 1 heterocycles. The molecule has 2 rings (SSSR count). The molecule has 19 heavy (non-hydrogen) atoms. The van der Waals surface area contributed by atoms with Crippen LogP contribution in [0.5, 0.6) is 0 Å². The molecule has 0 aromatic carbocycles. The lowest BCUT2D eigenvalue weighted by molar-refractivity contribution is 0.178. The summed E-state index contributed by atoms with van der Waals surface area (Å²) in [6.07, 6.45) is 4.14. The number of nitrogen functional groups attached to an aromatic ring is 1. The van der Waals surface area contributed by atoms with Crippen molar-refractivity contribution in [2.75, 3.05) is 18.9 Å². The number of hydrogen-bond donors (Lipinski definition) is 2. The third-order valence-corrected chi connectivity index (χ3v) is 5.44. The molecular formula is C11H20N4O3S. The lowest BCUT2D eigenvalue weighted by Gasteiger charge is -2.35.